The van der Waals surface area contributed by atoms with E-state index in [0.717, 1.165) is 16.9 Å². The van der Waals surface area contributed by atoms with Crippen LogP contribution in [-0.2, 0) is 16.3 Å². The summed E-state index contributed by atoms with van der Waals surface area (Å²) in [4.78, 5) is 0. The van der Waals surface area contributed by atoms with Crippen molar-refractivity contribution < 1.29 is 21.1 Å². The number of halogens is 1. The van der Waals surface area contributed by atoms with Crippen molar-refractivity contribution in [2.45, 2.75) is 40.2 Å². The van der Waals surface area contributed by atoms with Gasteiger partial charge >= 0.3 is 30.0 Å². The number of ether oxygens (including phenoxy) is 1. The molecule has 0 N–H and O–H groups in total. The number of hydrogen-bond acceptors (Lipinski definition) is 1. The first-order valence-electron chi connectivity index (χ1n) is 4.83. The minimum absolute atomic E-state index is 0.125. The molecule has 0 atom stereocenters. The molecule has 0 aliphatic rings. The van der Waals surface area contributed by atoms with Gasteiger partial charge in [-0.3, -0.25) is 0 Å². The van der Waals surface area contributed by atoms with Crippen molar-refractivity contribution >= 4 is 13.6 Å². The molecule has 0 heterocycles. The Labute approximate surface area is 110 Å². The van der Waals surface area contributed by atoms with Gasteiger partial charge in [0.25, 0.3) is 0 Å². The van der Waals surface area contributed by atoms with E-state index in [1.807, 2.05) is 46.8 Å². The Balaban J connectivity index is 0.000000921. The molecule has 0 bridgehead atoms. The molecule has 0 spiro atoms. The van der Waals surface area contributed by atoms with Crippen LogP contribution in [0.15, 0.2) is 12.1 Å². The van der Waals surface area contributed by atoms with Gasteiger partial charge in [-0.2, -0.15) is 17.2 Å². The van der Waals surface area contributed by atoms with Crippen molar-refractivity contribution in [2.24, 2.45) is 0 Å². The molecule has 1 rings (SSSR count). The van der Waals surface area contributed by atoms with Crippen LogP contribution < -0.4 is 4.74 Å². The van der Waals surface area contributed by atoms with Gasteiger partial charge in [0.05, 0.1) is 5.60 Å². The van der Waals surface area contributed by atoms with E-state index in [-0.39, 0.29) is 5.60 Å². The molecule has 1 aromatic carbocycles. The van der Waals surface area contributed by atoms with Gasteiger partial charge in [0.2, 0.25) is 0 Å². The first-order valence-corrected chi connectivity index (χ1v) is 11.8. The Bertz CT molecular complexity index is 285. The standard InChI is InChI=1S/C12H17O.BrH.Zn/c1-9-6-10(2)8-11(7-9)13-12(3,4)5;;/h7-8H,1-5H3;1H;/q-1;;+2/p-1. The van der Waals surface area contributed by atoms with Gasteiger partial charge in [-0.05, 0) is 20.8 Å². The minimum atomic E-state index is -0.125. The van der Waals surface area contributed by atoms with Crippen LogP contribution in [0.4, 0.5) is 0 Å². The molecule has 1 nitrogen and oxygen atoms in total. The maximum absolute atomic E-state index is 5.74. The van der Waals surface area contributed by atoms with Crippen LogP contribution in [0.2, 0.25) is 0 Å². The van der Waals surface area contributed by atoms with E-state index in [4.69, 9.17) is 4.74 Å². The summed E-state index contributed by atoms with van der Waals surface area (Å²) in [6.45, 7) is 10.2. The molecule has 0 amide bonds. The molecular formula is C12H17BrOZn. The summed E-state index contributed by atoms with van der Waals surface area (Å²) in [5, 5.41) is 0. The fourth-order valence-corrected chi connectivity index (χ4v) is 1.26. The summed E-state index contributed by atoms with van der Waals surface area (Å²) in [5.74, 6) is 0.932. The predicted molar refractivity (Wildman–Crippen MR) is 64.1 cm³/mol. The normalized spacial score (nSPS) is 10.4. The van der Waals surface area contributed by atoms with Crippen molar-refractivity contribution in [1.82, 2.24) is 0 Å². The van der Waals surface area contributed by atoms with Crippen molar-refractivity contribution in [3.63, 3.8) is 0 Å². The second kappa shape index (κ2) is 6.65. The topological polar surface area (TPSA) is 9.23 Å². The van der Waals surface area contributed by atoms with Gasteiger partial charge in [-0.15, -0.1) is 12.1 Å². The van der Waals surface area contributed by atoms with E-state index in [0.29, 0.717) is 0 Å². The van der Waals surface area contributed by atoms with Crippen molar-refractivity contribution in [1.29, 1.82) is 0 Å². The van der Waals surface area contributed by atoms with Gasteiger partial charge in [0.1, 0.15) is 0 Å². The Morgan fingerprint density at radius 1 is 1.13 bits per heavy atom. The molecule has 80 valence electrons. The van der Waals surface area contributed by atoms with Gasteiger partial charge in [-0.25, -0.2) is 0 Å². The molecule has 0 fully saturated rings. The van der Waals surface area contributed by atoms with Crippen molar-refractivity contribution in [3.05, 3.63) is 29.3 Å². The van der Waals surface area contributed by atoms with Crippen molar-refractivity contribution in [3.8, 4) is 5.75 Å². The number of benzene rings is 1. The van der Waals surface area contributed by atoms with Gasteiger partial charge < -0.3 is 4.74 Å². The van der Waals surface area contributed by atoms with E-state index in [9.17, 15) is 0 Å². The van der Waals surface area contributed by atoms with Gasteiger partial charge in [0.15, 0.2) is 0 Å². The second-order valence-corrected chi connectivity index (χ2v) is 4.40. The summed E-state index contributed by atoms with van der Waals surface area (Å²) >= 11 is 4.25. The van der Waals surface area contributed by atoms with Crippen molar-refractivity contribution in [2.75, 3.05) is 0 Å². The zero-order chi connectivity index (χ0) is 12.1. The number of aryl methyl sites for hydroxylation is 2. The Morgan fingerprint density at radius 3 is 1.87 bits per heavy atom. The molecular weight excluding hydrogens is 305 g/mol. The predicted octanol–water partition coefficient (Wildman–Crippen LogP) is 4.12. The van der Waals surface area contributed by atoms with Crippen LogP contribution in [0.1, 0.15) is 31.9 Å². The molecule has 1 aromatic rings. The fraction of sp³-hybridized carbons (Fsp3) is 0.500. The maximum atomic E-state index is 5.74. The quantitative estimate of drug-likeness (QED) is 0.558. The molecule has 0 aromatic heterocycles. The summed E-state index contributed by atoms with van der Waals surface area (Å²) in [6.07, 6.45) is 0. The number of rotatable bonds is 1. The molecule has 0 aliphatic heterocycles. The first-order chi connectivity index (χ1) is 6.87. The average Bonchev–Trinajstić information content (AvgIpc) is 2.02. The van der Waals surface area contributed by atoms with Crippen LogP contribution in [0.25, 0.3) is 0 Å². The average molecular weight is 323 g/mol. The van der Waals surface area contributed by atoms with Gasteiger partial charge in [0, 0.05) is 5.75 Å². The van der Waals surface area contributed by atoms with E-state index in [1.54, 1.807) is 0 Å². The third kappa shape index (κ3) is 7.08. The zero-order valence-electron chi connectivity index (χ0n) is 10.1. The summed E-state index contributed by atoms with van der Waals surface area (Å²) in [7, 11) is 0. The van der Waals surface area contributed by atoms with Gasteiger partial charge in [-0.1, -0.05) is 13.8 Å². The molecule has 15 heavy (non-hydrogen) atoms. The molecule has 0 saturated carbocycles. The van der Waals surface area contributed by atoms with Crippen LogP contribution in [0.5, 0.6) is 5.75 Å². The summed E-state index contributed by atoms with van der Waals surface area (Å²) in [5.41, 5.74) is 2.12. The van der Waals surface area contributed by atoms with Crippen LogP contribution >= 0.6 is 13.6 Å². The molecule has 0 radical (unpaired) electrons. The second-order valence-electron chi connectivity index (χ2n) is 4.40. The van der Waals surface area contributed by atoms with E-state index in [1.165, 1.54) is 16.3 Å². The molecule has 0 aliphatic carbocycles. The first kappa shape index (κ1) is 15.1. The van der Waals surface area contributed by atoms with Crippen LogP contribution in [0.3, 0.4) is 0 Å². The fourth-order valence-electron chi connectivity index (χ4n) is 1.26. The summed E-state index contributed by atoms with van der Waals surface area (Å²) < 4.78 is 5.74. The van der Waals surface area contributed by atoms with E-state index < -0.39 is 0 Å². The Hall–Kier alpha value is 0.123. The Morgan fingerprint density at radius 2 is 1.53 bits per heavy atom. The van der Waals surface area contributed by atoms with Crippen LogP contribution in [0, 0.1) is 19.9 Å². The molecule has 0 unspecified atom stereocenters. The zero-order valence-corrected chi connectivity index (χ0v) is 14.7. The Kier molecular flexibility index (Phi) is 6.71. The van der Waals surface area contributed by atoms with Crippen LogP contribution in [-0.4, -0.2) is 5.60 Å². The monoisotopic (exact) mass is 320 g/mol. The number of hydrogen-bond donors (Lipinski definition) is 0. The SMILES string of the molecule is Cc1[c-]c(C)cc(OC(C)(C)C)c1.[Zn+][Br]. The third-order valence-corrected chi connectivity index (χ3v) is 1.54. The summed E-state index contributed by atoms with van der Waals surface area (Å²) in [6, 6.07) is 7.24. The van der Waals surface area contributed by atoms with E-state index >= 15 is 0 Å². The van der Waals surface area contributed by atoms with E-state index in [2.05, 4.69) is 19.7 Å². The molecule has 0 saturated heterocycles. The third-order valence-electron chi connectivity index (χ3n) is 1.54. The molecule has 3 heteroatoms.